The van der Waals surface area contributed by atoms with Gasteiger partial charge in [0.2, 0.25) is 0 Å². The lowest BCUT2D eigenvalue weighted by molar-refractivity contribution is -0.384. The summed E-state index contributed by atoms with van der Waals surface area (Å²) in [5.41, 5.74) is -0.149. The number of methoxy groups -OCH3 is 1. The van der Waals surface area contributed by atoms with Gasteiger partial charge in [0.15, 0.2) is 0 Å². The van der Waals surface area contributed by atoms with Crippen molar-refractivity contribution >= 4 is 23.2 Å². The van der Waals surface area contributed by atoms with Crippen LogP contribution in [-0.4, -0.2) is 31.1 Å². The molecule has 0 unspecified atom stereocenters. The number of hydrogen-bond acceptors (Lipinski definition) is 5. The molecule has 0 radical (unpaired) electrons. The van der Waals surface area contributed by atoms with Gasteiger partial charge in [-0.25, -0.2) is 0 Å². The molecule has 0 atom stereocenters. The number of amides is 1. The zero-order valence-electron chi connectivity index (χ0n) is 12.8. The smallest absolute Gasteiger partial charge is 0.288 e. The van der Waals surface area contributed by atoms with Crippen LogP contribution in [-0.2, 0) is 0 Å². The van der Waals surface area contributed by atoms with Crippen molar-refractivity contribution < 1.29 is 19.2 Å². The summed E-state index contributed by atoms with van der Waals surface area (Å²) in [7, 11) is 1.56. The van der Waals surface area contributed by atoms with Crippen molar-refractivity contribution in [1.29, 1.82) is 0 Å². The fourth-order valence-corrected chi connectivity index (χ4v) is 2.11. The number of nitrogens with one attached hydrogen (secondary N) is 1. The number of hydrogen-bond donors (Lipinski definition) is 1. The summed E-state index contributed by atoms with van der Waals surface area (Å²) in [5.74, 6) is 0.847. The number of nitro benzene ring substituents is 1. The Morgan fingerprint density at radius 2 is 2.00 bits per heavy atom. The zero-order chi connectivity index (χ0) is 17.5. The third-order valence-electron chi connectivity index (χ3n) is 3.10. The van der Waals surface area contributed by atoms with E-state index < -0.39 is 10.8 Å². The Kier molecular flexibility index (Phi) is 5.97. The molecule has 0 aromatic heterocycles. The highest BCUT2D eigenvalue weighted by atomic mass is 35.5. The molecular weight excluding hydrogens is 336 g/mol. The molecular formula is C16H15ClN2O5. The van der Waals surface area contributed by atoms with E-state index in [1.807, 2.05) is 0 Å². The molecule has 2 rings (SSSR count). The van der Waals surface area contributed by atoms with Crippen LogP contribution in [0.25, 0.3) is 0 Å². The lowest BCUT2D eigenvalue weighted by Crippen LogP contribution is -2.28. The molecule has 24 heavy (non-hydrogen) atoms. The predicted molar refractivity (Wildman–Crippen MR) is 88.9 cm³/mol. The summed E-state index contributed by atoms with van der Waals surface area (Å²) in [4.78, 5) is 22.2. The van der Waals surface area contributed by atoms with Crippen LogP contribution in [0.5, 0.6) is 11.5 Å². The largest absolute Gasteiger partial charge is 0.497 e. The van der Waals surface area contributed by atoms with Gasteiger partial charge in [0, 0.05) is 17.7 Å². The van der Waals surface area contributed by atoms with E-state index in [1.54, 1.807) is 31.4 Å². The highest BCUT2D eigenvalue weighted by Gasteiger charge is 2.16. The average molecular weight is 351 g/mol. The van der Waals surface area contributed by atoms with Crippen molar-refractivity contribution in [3.63, 3.8) is 0 Å². The predicted octanol–water partition coefficient (Wildman–Crippen LogP) is 3.07. The molecule has 8 heteroatoms. The molecule has 1 N–H and O–H groups in total. The van der Waals surface area contributed by atoms with Crippen molar-refractivity contribution in [1.82, 2.24) is 5.32 Å². The van der Waals surface area contributed by atoms with Gasteiger partial charge in [-0.15, -0.1) is 0 Å². The molecule has 0 aliphatic heterocycles. The number of rotatable bonds is 7. The fraction of sp³-hybridized carbons (Fsp3) is 0.188. The Morgan fingerprint density at radius 3 is 2.71 bits per heavy atom. The van der Waals surface area contributed by atoms with E-state index >= 15 is 0 Å². The van der Waals surface area contributed by atoms with Crippen LogP contribution in [0.4, 0.5) is 5.69 Å². The minimum absolute atomic E-state index is 0.0158. The maximum atomic E-state index is 12.0. The van der Waals surface area contributed by atoms with E-state index in [0.29, 0.717) is 11.5 Å². The summed E-state index contributed by atoms with van der Waals surface area (Å²) in [5, 5.41) is 13.4. The summed E-state index contributed by atoms with van der Waals surface area (Å²) < 4.78 is 10.6. The first-order valence-electron chi connectivity index (χ1n) is 7.00. The van der Waals surface area contributed by atoms with Crippen LogP contribution < -0.4 is 14.8 Å². The van der Waals surface area contributed by atoms with E-state index in [0.717, 1.165) is 6.07 Å². The quantitative estimate of drug-likeness (QED) is 0.471. The van der Waals surface area contributed by atoms with Crippen LogP contribution in [0.15, 0.2) is 42.5 Å². The number of carbonyl (C=O) groups excluding carboxylic acids is 1. The number of benzene rings is 2. The Bertz CT molecular complexity index is 751. The maximum Gasteiger partial charge on any atom is 0.288 e. The van der Waals surface area contributed by atoms with E-state index in [2.05, 4.69) is 5.32 Å². The van der Waals surface area contributed by atoms with Gasteiger partial charge in [0.05, 0.1) is 18.6 Å². The van der Waals surface area contributed by atoms with E-state index in [-0.39, 0.29) is 29.4 Å². The van der Waals surface area contributed by atoms with Crippen molar-refractivity contribution in [3.8, 4) is 11.5 Å². The third kappa shape index (κ3) is 4.60. The second-order valence-electron chi connectivity index (χ2n) is 4.71. The summed E-state index contributed by atoms with van der Waals surface area (Å²) in [6.45, 7) is 0.487. The summed E-state index contributed by atoms with van der Waals surface area (Å²) >= 11 is 5.71. The molecule has 2 aromatic rings. The normalized spacial score (nSPS) is 10.1. The summed E-state index contributed by atoms with van der Waals surface area (Å²) in [6.07, 6.45) is 0. The van der Waals surface area contributed by atoms with Crippen molar-refractivity contribution in [3.05, 3.63) is 63.2 Å². The van der Waals surface area contributed by atoms with Gasteiger partial charge in [-0.3, -0.25) is 14.9 Å². The standard InChI is InChI=1S/C16H15ClN2O5/c1-23-12-3-2-4-13(10-12)24-8-7-18-16(20)11-5-6-14(17)15(9-11)19(21)22/h2-6,9-10H,7-8H2,1H3,(H,18,20). The van der Waals surface area contributed by atoms with E-state index in [9.17, 15) is 14.9 Å². The molecule has 0 fully saturated rings. The second kappa shape index (κ2) is 8.16. The number of nitrogens with zero attached hydrogens (tertiary/aromatic N) is 1. The number of halogens is 1. The maximum absolute atomic E-state index is 12.0. The highest BCUT2D eigenvalue weighted by Crippen LogP contribution is 2.25. The number of carbonyl (C=O) groups is 1. The van der Waals surface area contributed by atoms with Gasteiger partial charge in [0.25, 0.3) is 11.6 Å². The molecule has 0 heterocycles. The third-order valence-corrected chi connectivity index (χ3v) is 3.42. The fourth-order valence-electron chi connectivity index (χ4n) is 1.92. The van der Waals surface area contributed by atoms with Gasteiger partial charge in [0.1, 0.15) is 23.1 Å². The Labute approximate surface area is 143 Å². The molecule has 126 valence electrons. The van der Waals surface area contributed by atoms with Crippen molar-refractivity contribution in [2.75, 3.05) is 20.3 Å². The van der Waals surface area contributed by atoms with E-state index in [1.165, 1.54) is 12.1 Å². The van der Waals surface area contributed by atoms with Crippen LogP contribution >= 0.6 is 11.6 Å². The Balaban J connectivity index is 1.87. The lowest BCUT2D eigenvalue weighted by atomic mass is 10.2. The van der Waals surface area contributed by atoms with Gasteiger partial charge >= 0.3 is 0 Å². The SMILES string of the molecule is COc1cccc(OCCNC(=O)c2ccc(Cl)c([N+](=O)[O-])c2)c1. The lowest BCUT2D eigenvalue weighted by Gasteiger charge is -2.09. The van der Waals surface area contributed by atoms with Crippen molar-refractivity contribution in [2.24, 2.45) is 0 Å². The molecule has 0 spiro atoms. The molecule has 0 aliphatic carbocycles. The number of nitro groups is 1. The van der Waals surface area contributed by atoms with Crippen LogP contribution in [0, 0.1) is 10.1 Å². The van der Waals surface area contributed by atoms with Crippen LogP contribution in [0.1, 0.15) is 10.4 Å². The van der Waals surface area contributed by atoms with Gasteiger partial charge in [-0.2, -0.15) is 0 Å². The topological polar surface area (TPSA) is 90.7 Å². The molecule has 1 amide bonds. The van der Waals surface area contributed by atoms with Crippen molar-refractivity contribution in [2.45, 2.75) is 0 Å². The molecule has 0 saturated carbocycles. The first-order chi connectivity index (χ1) is 11.5. The Hall–Kier alpha value is -2.80. The first kappa shape index (κ1) is 17.6. The molecule has 0 bridgehead atoms. The molecule has 2 aromatic carbocycles. The van der Waals surface area contributed by atoms with Gasteiger partial charge in [-0.05, 0) is 24.3 Å². The monoisotopic (exact) mass is 350 g/mol. The van der Waals surface area contributed by atoms with Crippen LogP contribution in [0.3, 0.4) is 0 Å². The Morgan fingerprint density at radius 1 is 1.25 bits per heavy atom. The highest BCUT2D eigenvalue weighted by molar-refractivity contribution is 6.32. The first-order valence-corrected chi connectivity index (χ1v) is 7.38. The minimum Gasteiger partial charge on any atom is -0.497 e. The van der Waals surface area contributed by atoms with Crippen LogP contribution in [0.2, 0.25) is 5.02 Å². The van der Waals surface area contributed by atoms with E-state index in [4.69, 9.17) is 21.1 Å². The molecule has 0 saturated heterocycles. The second-order valence-corrected chi connectivity index (χ2v) is 5.11. The van der Waals surface area contributed by atoms with Gasteiger partial charge < -0.3 is 14.8 Å². The average Bonchev–Trinajstić information content (AvgIpc) is 2.58. The molecule has 7 nitrogen and oxygen atoms in total. The van der Waals surface area contributed by atoms with Gasteiger partial charge in [-0.1, -0.05) is 17.7 Å². The zero-order valence-corrected chi connectivity index (χ0v) is 13.6. The minimum atomic E-state index is -0.634. The molecule has 0 aliphatic rings. The summed E-state index contributed by atoms with van der Waals surface area (Å²) in [6, 6.07) is 11.0. The number of ether oxygens (including phenoxy) is 2.